The molecule has 2 rings (SSSR count). The van der Waals surface area contributed by atoms with Crippen LogP contribution in [-0.2, 0) is 11.3 Å². The fourth-order valence-corrected chi connectivity index (χ4v) is 2.75. The zero-order valence-corrected chi connectivity index (χ0v) is 11.5. The van der Waals surface area contributed by atoms with Gasteiger partial charge in [-0.2, -0.15) is 0 Å². The van der Waals surface area contributed by atoms with E-state index in [9.17, 15) is 4.39 Å². The highest BCUT2D eigenvalue weighted by Crippen LogP contribution is 2.23. The number of rotatable bonds is 4. The lowest BCUT2D eigenvalue weighted by atomic mass is 10.2. The van der Waals surface area contributed by atoms with Crippen LogP contribution in [0.1, 0.15) is 24.8 Å². The number of nitrogens with one attached hydrogen (secondary N) is 1. The molecule has 4 heteroatoms. The number of benzene rings is 1. The number of methoxy groups -OCH3 is 1. The lowest BCUT2D eigenvalue weighted by molar-refractivity contribution is 0.107. The Hall–Kier alpha value is -0.450. The number of halogens is 2. The summed E-state index contributed by atoms with van der Waals surface area (Å²) in [6.07, 6.45) is 3.73. The Morgan fingerprint density at radius 2 is 2.29 bits per heavy atom. The molecule has 1 aromatic rings. The second-order valence-corrected chi connectivity index (χ2v) is 5.34. The van der Waals surface area contributed by atoms with E-state index in [1.165, 1.54) is 12.1 Å². The van der Waals surface area contributed by atoms with Gasteiger partial charge in [-0.25, -0.2) is 4.39 Å². The topological polar surface area (TPSA) is 21.3 Å². The van der Waals surface area contributed by atoms with E-state index in [0.717, 1.165) is 35.8 Å². The van der Waals surface area contributed by atoms with Crippen LogP contribution in [0.4, 0.5) is 4.39 Å². The summed E-state index contributed by atoms with van der Waals surface area (Å²) < 4.78 is 19.1. The monoisotopic (exact) mass is 301 g/mol. The molecule has 0 bridgehead atoms. The summed E-state index contributed by atoms with van der Waals surface area (Å²) in [5.74, 6) is -0.207. The maximum atomic E-state index is 12.9. The van der Waals surface area contributed by atoms with Gasteiger partial charge in [0.2, 0.25) is 0 Å². The third-order valence-electron chi connectivity index (χ3n) is 3.31. The van der Waals surface area contributed by atoms with Crippen LogP contribution in [0.25, 0.3) is 0 Å². The average molecular weight is 302 g/mol. The van der Waals surface area contributed by atoms with Crippen molar-refractivity contribution in [3.8, 4) is 0 Å². The second-order valence-electron chi connectivity index (χ2n) is 4.48. The van der Waals surface area contributed by atoms with Gasteiger partial charge >= 0.3 is 0 Å². The molecule has 94 valence electrons. The van der Waals surface area contributed by atoms with Crippen molar-refractivity contribution in [1.29, 1.82) is 0 Å². The van der Waals surface area contributed by atoms with Crippen LogP contribution in [0.5, 0.6) is 0 Å². The summed E-state index contributed by atoms with van der Waals surface area (Å²) in [7, 11) is 1.77. The summed E-state index contributed by atoms with van der Waals surface area (Å²) in [4.78, 5) is 0. The van der Waals surface area contributed by atoms with Crippen LogP contribution in [-0.4, -0.2) is 19.3 Å². The number of hydrogen-bond donors (Lipinski definition) is 1. The molecule has 1 aliphatic carbocycles. The molecule has 2 unspecified atom stereocenters. The zero-order valence-electron chi connectivity index (χ0n) is 9.88. The summed E-state index contributed by atoms with van der Waals surface area (Å²) in [5.41, 5.74) is 1.09. The number of hydrogen-bond acceptors (Lipinski definition) is 2. The molecule has 0 aromatic heterocycles. The van der Waals surface area contributed by atoms with Crippen LogP contribution in [0, 0.1) is 5.82 Å². The van der Waals surface area contributed by atoms with Gasteiger partial charge in [0.15, 0.2) is 0 Å². The Morgan fingerprint density at radius 3 is 2.94 bits per heavy atom. The molecule has 2 nitrogen and oxygen atoms in total. The van der Waals surface area contributed by atoms with E-state index in [4.69, 9.17) is 4.74 Å². The van der Waals surface area contributed by atoms with Gasteiger partial charge in [-0.15, -0.1) is 0 Å². The Bertz CT molecular complexity index is 386. The predicted molar refractivity (Wildman–Crippen MR) is 69.4 cm³/mol. The molecule has 0 amide bonds. The Labute approximate surface area is 110 Å². The third kappa shape index (κ3) is 3.50. The van der Waals surface area contributed by atoms with E-state index >= 15 is 0 Å². The summed E-state index contributed by atoms with van der Waals surface area (Å²) in [6.45, 7) is 0.766. The van der Waals surface area contributed by atoms with Crippen molar-refractivity contribution in [2.24, 2.45) is 0 Å². The van der Waals surface area contributed by atoms with E-state index < -0.39 is 0 Å². The molecule has 2 atom stereocenters. The standard InChI is InChI=1S/C13H17BrFNO/c1-17-12-5-4-11(7-12)16-8-9-2-3-10(15)6-13(9)14/h2-3,6,11-12,16H,4-5,7-8H2,1H3. The minimum Gasteiger partial charge on any atom is -0.381 e. The average Bonchev–Trinajstić information content (AvgIpc) is 2.76. The highest BCUT2D eigenvalue weighted by molar-refractivity contribution is 9.10. The first-order valence-corrected chi connectivity index (χ1v) is 6.68. The molecule has 1 aromatic carbocycles. The summed E-state index contributed by atoms with van der Waals surface area (Å²) >= 11 is 3.38. The Kier molecular flexibility index (Phi) is 4.54. The first-order valence-electron chi connectivity index (χ1n) is 5.89. The van der Waals surface area contributed by atoms with Crippen molar-refractivity contribution in [3.63, 3.8) is 0 Å². The number of ether oxygens (including phenoxy) is 1. The first kappa shape index (κ1) is 13.0. The SMILES string of the molecule is COC1CCC(NCc2ccc(F)cc2Br)C1. The maximum absolute atomic E-state index is 12.9. The van der Waals surface area contributed by atoms with Crippen LogP contribution >= 0.6 is 15.9 Å². The van der Waals surface area contributed by atoms with E-state index in [0.29, 0.717) is 12.1 Å². The largest absolute Gasteiger partial charge is 0.381 e. The fourth-order valence-electron chi connectivity index (χ4n) is 2.26. The second kappa shape index (κ2) is 5.94. The highest BCUT2D eigenvalue weighted by atomic mass is 79.9. The van der Waals surface area contributed by atoms with Gasteiger partial charge in [0, 0.05) is 24.2 Å². The molecule has 17 heavy (non-hydrogen) atoms. The van der Waals surface area contributed by atoms with Crippen molar-refractivity contribution >= 4 is 15.9 Å². The summed E-state index contributed by atoms with van der Waals surface area (Å²) in [6, 6.07) is 5.32. The van der Waals surface area contributed by atoms with E-state index in [2.05, 4.69) is 21.2 Å². The lowest BCUT2D eigenvalue weighted by Crippen LogP contribution is -2.26. The van der Waals surface area contributed by atoms with Gasteiger partial charge in [0.25, 0.3) is 0 Å². The highest BCUT2D eigenvalue weighted by Gasteiger charge is 2.23. The normalized spacial score (nSPS) is 24.2. The minimum atomic E-state index is -0.207. The molecule has 1 saturated carbocycles. The van der Waals surface area contributed by atoms with Crippen molar-refractivity contribution in [2.45, 2.75) is 38.0 Å². The predicted octanol–water partition coefficient (Wildman–Crippen LogP) is 3.25. The van der Waals surface area contributed by atoms with Gasteiger partial charge < -0.3 is 10.1 Å². The maximum Gasteiger partial charge on any atom is 0.124 e. The van der Waals surface area contributed by atoms with Crippen molar-refractivity contribution in [1.82, 2.24) is 5.32 Å². The van der Waals surface area contributed by atoms with Crippen LogP contribution in [0.3, 0.4) is 0 Å². The molecule has 1 aliphatic rings. The summed E-state index contributed by atoms with van der Waals surface area (Å²) in [5, 5.41) is 3.49. The van der Waals surface area contributed by atoms with E-state index in [1.807, 2.05) is 6.07 Å². The van der Waals surface area contributed by atoms with Gasteiger partial charge in [-0.1, -0.05) is 22.0 Å². The van der Waals surface area contributed by atoms with Gasteiger partial charge in [-0.3, -0.25) is 0 Å². The smallest absolute Gasteiger partial charge is 0.124 e. The quantitative estimate of drug-likeness (QED) is 0.922. The van der Waals surface area contributed by atoms with Gasteiger partial charge in [-0.05, 0) is 37.0 Å². The van der Waals surface area contributed by atoms with Crippen LogP contribution < -0.4 is 5.32 Å². The molecule has 0 radical (unpaired) electrons. The lowest BCUT2D eigenvalue weighted by Gasteiger charge is -2.13. The molecule has 0 aliphatic heterocycles. The molecular weight excluding hydrogens is 285 g/mol. The Balaban J connectivity index is 1.86. The van der Waals surface area contributed by atoms with E-state index in [1.54, 1.807) is 7.11 Å². The van der Waals surface area contributed by atoms with Crippen molar-refractivity contribution < 1.29 is 9.13 Å². The van der Waals surface area contributed by atoms with E-state index in [-0.39, 0.29) is 5.82 Å². The molecule has 1 fully saturated rings. The molecule has 0 spiro atoms. The molecule has 0 heterocycles. The third-order valence-corrected chi connectivity index (χ3v) is 4.05. The van der Waals surface area contributed by atoms with Crippen LogP contribution in [0.15, 0.2) is 22.7 Å². The Morgan fingerprint density at radius 1 is 1.47 bits per heavy atom. The van der Waals surface area contributed by atoms with Gasteiger partial charge in [0.1, 0.15) is 5.82 Å². The molecular formula is C13H17BrFNO. The minimum absolute atomic E-state index is 0.207. The first-order chi connectivity index (χ1) is 8.19. The van der Waals surface area contributed by atoms with Crippen LogP contribution in [0.2, 0.25) is 0 Å². The molecule has 1 N–H and O–H groups in total. The fraction of sp³-hybridized carbons (Fsp3) is 0.538. The van der Waals surface area contributed by atoms with Crippen molar-refractivity contribution in [2.75, 3.05) is 7.11 Å². The zero-order chi connectivity index (χ0) is 12.3. The molecule has 0 saturated heterocycles. The van der Waals surface area contributed by atoms with Gasteiger partial charge in [0.05, 0.1) is 6.10 Å². The van der Waals surface area contributed by atoms with Crippen molar-refractivity contribution in [3.05, 3.63) is 34.1 Å².